The van der Waals surface area contributed by atoms with E-state index < -0.39 is 0 Å². The number of hydrogen-bond acceptors (Lipinski definition) is 7. The second-order valence-electron chi connectivity index (χ2n) is 9.68. The van der Waals surface area contributed by atoms with Crippen LogP contribution in [0.4, 0.5) is 17.2 Å². The molecule has 2 aromatic carbocycles. The number of rotatable bonds is 6. The van der Waals surface area contributed by atoms with Crippen LogP contribution in [-0.4, -0.2) is 44.4 Å². The summed E-state index contributed by atoms with van der Waals surface area (Å²) in [6, 6.07) is 16.9. The number of anilines is 3. The van der Waals surface area contributed by atoms with Gasteiger partial charge >= 0.3 is 0 Å². The minimum atomic E-state index is -0.130. The van der Waals surface area contributed by atoms with Crippen LogP contribution in [0.5, 0.6) is 0 Å². The van der Waals surface area contributed by atoms with Crippen LogP contribution in [0.25, 0.3) is 16.6 Å². The number of aryl methyl sites for hydroxylation is 1. The van der Waals surface area contributed by atoms with Gasteiger partial charge in [0.1, 0.15) is 18.5 Å². The minimum Gasteiger partial charge on any atom is -0.358 e. The Hall–Kier alpha value is -4.30. The zero-order valence-corrected chi connectivity index (χ0v) is 21.2. The second kappa shape index (κ2) is 9.29. The van der Waals surface area contributed by atoms with E-state index in [1.54, 1.807) is 24.3 Å². The lowest BCUT2D eigenvalue weighted by molar-refractivity contribution is 0.139. The number of nitrogens with one attached hydrogen (secondary N) is 1. The second-order valence-corrected chi connectivity index (χ2v) is 9.68. The highest BCUT2D eigenvalue weighted by Crippen LogP contribution is 2.35. The maximum atomic E-state index is 5.75. The molecule has 0 amide bonds. The third-order valence-electron chi connectivity index (χ3n) is 7.22. The number of fused-ring (bicyclic) bond motifs is 2. The SMILES string of the molecule is C=C1C(OC)N(c2ccc3ncnc(Nc4ccc(Cc5ccn6ncnc6c5)c(C)c4)c3c2)C[C@H]1C. The lowest BCUT2D eigenvalue weighted by Gasteiger charge is -2.26. The zero-order chi connectivity index (χ0) is 25.5. The summed E-state index contributed by atoms with van der Waals surface area (Å²) in [6.45, 7) is 9.43. The van der Waals surface area contributed by atoms with Crippen molar-refractivity contribution in [3.8, 4) is 0 Å². The molecule has 0 bridgehead atoms. The van der Waals surface area contributed by atoms with Gasteiger partial charge in [-0.1, -0.05) is 19.6 Å². The Morgan fingerprint density at radius 3 is 2.78 bits per heavy atom. The molecule has 2 atom stereocenters. The molecule has 1 unspecified atom stereocenters. The quantitative estimate of drug-likeness (QED) is 0.323. The maximum Gasteiger partial charge on any atom is 0.155 e. The van der Waals surface area contributed by atoms with Crippen LogP contribution >= 0.6 is 0 Å². The lowest BCUT2D eigenvalue weighted by Crippen LogP contribution is -2.31. The van der Waals surface area contributed by atoms with Crippen LogP contribution in [-0.2, 0) is 11.2 Å². The molecule has 8 nitrogen and oxygen atoms in total. The molecular formula is C29H29N7O. The molecule has 0 radical (unpaired) electrons. The molecular weight excluding hydrogens is 462 g/mol. The highest BCUT2D eigenvalue weighted by Gasteiger charge is 2.33. The first-order valence-electron chi connectivity index (χ1n) is 12.4. The predicted octanol–water partition coefficient (Wildman–Crippen LogP) is 5.30. The Kier molecular flexibility index (Phi) is 5.81. The van der Waals surface area contributed by atoms with Crippen LogP contribution in [0, 0.1) is 12.8 Å². The van der Waals surface area contributed by atoms with Crippen molar-refractivity contribution >= 4 is 33.7 Å². The first kappa shape index (κ1) is 23.1. The van der Waals surface area contributed by atoms with Crippen molar-refractivity contribution in [2.24, 2.45) is 5.92 Å². The zero-order valence-electron chi connectivity index (χ0n) is 21.2. The molecule has 4 heterocycles. The highest BCUT2D eigenvalue weighted by molar-refractivity contribution is 5.93. The molecule has 1 fully saturated rings. The van der Waals surface area contributed by atoms with Crippen molar-refractivity contribution in [2.45, 2.75) is 26.5 Å². The van der Waals surface area contributed by atoms with Crippen LogP contribution in [0.1, 0.15) is 23.6 Å². The van der Waals surface area contributed by atoms with E-state index in [1.807, 2.05) is 12.3 Å². The molecule has 1 aliphatic heterocycles. The van der Waals surface area contributed by atoms with Crippen molar-refractivity contribution in [3.05, 3.63) is 96.2 Å². The molecule has 1 saturated heterocycles. The molecule has 3 aromatic heterocycles. The topological polar surface area (TPSA) is 80.5 Å². The third kappa shape index (κ3) is 4.29. The van der Waals surface area contributed by atoms with Crippen LogP contribution < -0.4 is 10.2 Å². The summed E-state index contributed by atoms with van der Waals surface area (Å²) < 4.78 is 7.53. The maximum absolute atomic E-state index is 5.75. The average molecular weight is 492 g/mol. The highest BCUT2D eigenvalue weighted by atomic mass is 16.5. The average Bonchev–Trinajstić information content (AvgIpc) is 3.49. The molecule has 186 valence electrons. The molecule has 8 heteroatoms. The fourth-order valence-electron chi connectivity index (χ4n) is 5.09. The Labute approximate surface area is 215 Å². The van der Waals surface area contributed by atoms with Gasteiger partial charge in [-0.25, -0.2) is 19.5 Å². The van der Waals surface area contributed by atoms with Gasteiger partial charge in [0.05, 0.1) is 5.52 Å². The number of hydrogen-bond donors (Lipinski definition) is 1. The van der Waals surface area contributed by atoms with Crippen molar-refractivity contribution in [3.63, 3.8) is 0 Å². The number of nitrogens with zero attached hydrogens (tertiary/aromatic N) is 6. The summed E-state index contributed by atoms with van der Waals surface area (Å²) >= 11 is 0. The molecule has 6 rings (SSSR count). The monoisotopic (exact) mass is 491 g/mol. The molecule has 5 aromatic rings. The van der Waals surface area contributed by atoms with Crippen molar-refractivity contribution in [1.29, 1.82) is 0 Å². The van der Waals surface area contributed by atoms with Crippen LogP contribution in [0.15, 0.2) is 79.5 Å². The summed E-state index contributed by atoms with van der Waals surface area (Å²) in [6.07, 6.45) is 5.82. The van der Waals surface area contributed by atoms with Crippen LogP contribution in [0.2, 0.25) is 0 Å². The number of pyridine rings is 1. The van der Waals surface area contributed by atoms with Gasteiger partial charge in [0, 0.05) is 36.6 Å². The fraction of sp³-hybridized carbons (Fsp3) is 0.241. The summed E-state index contributed by atoms with van der Waals surface area (Å²) in [5.41, 5.74) is 8.56. The number of benzene rings is 2. The minimum absolute atomic E-state index is 0.130. The van der Waals surface area contributed by atoms with E-state index in [1.165, 1.54) is 16.7 Å². The first-order valence-corrected chi connectivity index (χ1v) is 12.4. The summed E-state index contributed by atoms with van der Waals surface area (Å²) in [5.74, 6) is 1.14. The van der Waals surface area contributed by atoms with Gasteiger partial charge in [-0.15, -0.1) is 0 Å². The lowest BCUT2D eigenvalue weighted by atomic mass is 10.0. The van der Waals surface area contributed by atoms with Crippen LogP contribution in [0.3, 0.4) is 0 Å². The summed E-state index contributed by atoms with van der Waals surface area (Å²) in [5, 5.41) is 8.66. The van der Waals surface area contributed by atoms with E-state index in [0.29, 0.717) is 5.92 Å². The smallest absolute Gasteiger partial charge is 0.155 e. The Morgan fingerprint density at radius 1 is 1.05 bits per heavy atom. The van der Waals surface area contributed by atoms with Gasteiger partial charge in [-0.05, 0) is 84.0 Å². The van der Waals surface area contributed by atoms with Gasteiger partial charge in [0.25, 0.3) is 0 Å². The van der Waals surface area contributed by atoms with Crippen molar-refractivity contribution < 1.29 is 4.74 Å². The molecule has 0 spiro atoms. The first-order chi connectivity index (χ1) is 18.0. The van der Waals surface area contributed by atoms with E-state index in [0.717, 1.165) is 52.3 Å². The van der Waals surface area contributed by atoms with Crippen molar-refractivity contribution in [1.82, 2.24) is 24.6 Å². The largest absolute Gasteiger partial charge is 0.358 e. The summed E-state index contributed by atoms with van der Waals surface area (Å²) in [4.78, 5) is 15.6. The van der Waals surface area contributed by atoms with Gasteiger partial charge in [0.15, 0.2) is 11.9 Å². The number of ether oxygens (including phenoxy) is 1. The standard InChI is InChI=1S/C29H29N7O/c1-18-11-23(6-5-22(18)12-21-9-10-36-27(13-21)31-17-33-36)34-28-25-14-24(7-8-26(25)30-16-32-28)35-15-19(2)20(3)29(35)37-4/h5-11,13-14,16-17,19,29H,3,12,15H2,1-2,4H3,(H,30,32,34)/t19-,29?/m1/s1. The Morgan fingerprint density at radius 2 is 1.95 bits per heavy atom. The third-order valence-corrected chi connectivity index (χ3v) is 7.22. The molecule has 1 N–H and O–H groups in total. The van der Waals surface area contributed by atoms with E-state index >= 15 is 0 Å². The Bertz CT molecular complexity index is 1630. The van der Waals surface area contributed by atoms with E-state index in [2.05, 4.69) is 93.2 Å². The number of aromatic nitrogens is 5. The molecule has 37 heavy (non-hydrogen) atoms. The molecule has 0 saturated carbocycles. The van der Waals surface area contributed by atoms with Gasteiger partial charge in [-0.3, -0.25) is 0 Å². The predicted molar refractivity (Wildman–Crippen MR) is 146 cm³/mol. The number of methoxy groups -OCH3 is 1. The van der Waals surface area contributed by atoms with E-state index in [-0.39, 0.29) is 6.23 Å². The van der Waals surface area contributed by atoms with Crippen molar-refractivity contribution in [2.75, 3.05) is 23.9 Å². The molecule has 0 aliphatic carbocycles. The Balaban J connectivity index is 1.27. The van der Waals surface area contributed by atoms with Gasteiger partial charge < -0.3 is 15.0 Å². The van der Waals surface area contributed by atoms with Gasteiger partial charge in [0.2, 0.25) is 0 Å². The molecule has 1 aliphatic rings. The van der Waals surface area contributed by atoms with E-state index in [9.17, 15) is 0 Å². The normalized spacial score (nSPS) is 17.7. The van der Waals surface area contributed by atoms with E-state index in [4.69, 9.17) is 4.74 Å². The summed E-state index contributed by atoms with van der Waals surface area (Å²) in [7, 11) is 1.73. The van der Waals surface area contributed by atoms with Gasteiger partial charge in [-0.2, -0.15) is 5.10 Å². The fourth-order valence-corrected chi connectivity index (χ4v) is 5.09.